The fourth-order valence-electron chi connectivity index (χ4n) is 5.55. The van der Waals surface area contributed by atoms with E-state index in [-0.39, 0.29) is 13.2 Å². The number of rotatable bonds is 3. The molecule has 38 heavy (non-hydrogen) atoms. The van der Waals surface area contributed by atoms with E-state index in [1.54, 1.807) is 16.8 Å². The van der Waals surface area contributed by atoms with Crippen LogP contribution >= 0.6 is 0 Å². The number of H-pyrrole nitrogens is 1. The molecular formula is C27H31N2O9+. The summed E-state index contributed by atoms with van der Waals surface area (Å²) in [6.07, 6.45) is -6.05. The predicted octanol–water partition coefficient (Wildman–Crippen LogP) is -0.192. The van der Waals surface area contributed by atoms with Gasteiger partial charge in [0.25, 0.3) is 6.23 Å². The third-order valence-corrected chi connectivity index (χ3v) is 7.78. The highest BCUT2D eigenvalue weighted by Gasteiger charge is 2.43. The number of nitrogens with zero attached hydrogens (tertiary/aromatic N) is 1. The van der Waals surface area contributed by atoms with Crippen LogP contribution in [0.25, 0.3) is 32.6 Å². The molecule has 2 aliphatic heterocycles. The first kappa shape index (κ1) is 25.4. The lowest BCUT2D eigenvalue weighted by Gasteiger charge is -2.34. The summed E-state index contributed by atoms with van der Waals surface area (Å²) in [7, 11) is 0. The first-order chi connectivity index (χ1) is 18.2. The molecule has 2 aromatic heterocycles. The molecule has 11 heteroatoms. The Balaban J connectivity index is 1.43. The van der Waals surface area contributed by atoms with Crippen LogP contribution in [0.4, 0.5) is 0 Å². The first-order valence-electron chi connectivity index (χ1n) is 12.5. The number of hydrogen-bond donors (Lipinski definition) is 7. The topological polar surface area (TPSA) is 169 Å². The first-order valence-corrected chi connectivity index (χ1v) is 12.5. The number of aromatic amines is 1. The molecule has 0 saturated carbocycles. The van der Waals surface area contributed by atoms with E-state index in [2.05, 4.69) is 4.98 Å². The van der Waals surface area contributed by atoms with Crippen molar-refractivity contribution in [1.82, 2.24) is 4.98 Å². The summed E-state index contributed by atoms with van der Waals surface area (Å²) < 4.78 is 18.6. The quantitative estimate of drug-likeness (QED) is 0.179. The smallest absolute Gasteiger partial charge is 0.291 e. The summed E-state index contributed by atoms with van der Waals surface area (Å²) in [5.41, 5.74) is 3.83. The Bertz CT molecular complexity index is 1520. The van der Waals surface area contributed by atoms with Crippen LogP contribution in [0, 0.1) is 13.8 Å². The van der Waals surface area contributed by atoms with Gasteiger partial charge in [-0.25, -0.2) is 0 Å². The molecule has 2 fully saturated rings. The van der Waals surface area contributed by atoms with Crippen molar-refractivity contribution in [2.24, 2.45) is 0 Å². The highest BCUT2D eigenvalue weighted by Crippen LogP contribution is 2.38. The normalized spacial score (nSPS) is 32.3. The number of aliphatic hydroxyl groups excluding tert-OH is 6. The second-order valence-corrected chi connectivity index (χ2v) is 10.2. The Morgan fingerprint density at radius 1 is 0.816 bits per heavy atom. The maximum absolute atomic E-state index is 10.5. The molecule has 2 unspecified atom stereocenters. The van der Waals surface area contributed by atoms with Crippen LogP contribution in [-0.2, 0) is 9.47 Å². The van der Waals surface area contributed by atoms with Gasteiger partial charge in [-0.15, -0.1) is 0 Å². The molecule has 8 atom stereocenters. The summed E-state index contributed by atoms with van der Waals surface area (Å²) in [4.78, 5) is 3.49. The van der Waals surface area contributed by atoms with Gasteiger partial charge in [-0.2, -0.15) is 4.57 Å². The van der Waals surface area contributed by atoms with Crippen LogP contribution in [0.1, 0.15) is 17.4 Å². The molecule has 4 aromatic rings. The second kappa shape index (κ2) is 9.40. The Kier molecular flexibility index (Phi) is 6.29. The highest BCUT2D eigenvalue weighted by molar-refractivity contribution is 6.16. The third-order valence-electron chi connectivity index (χ3n) is 7.78. The van der Waals surface area contributed by atoms with Gasteiger partial charge in [0.15, 0.2) is 18.5 Å². The standard InChI is InChI=1S/C27H30N2O9/c1-11-16-8-29(26-24(34)22(32)18(30)9-36-26)6-5-14(16)12(2)21-20(11)15-7-13(3-4-17(15)28-21)38-27-25(35)23(33)19(31)10-37-27/h3-8,18-19,22-27,30-35H,9-10H2,1-2H3/p+1/t18-,19-,22-,23-,24+,25+,26?,27?/m0/s1. The molecule has 2 saturated heterocycles. The van der Waals surface area contributed by atoms with Gasteiger partial charge in [0, 0.05) is 27.7 Å². The van der Waals surface area contributed by atoms with Crippen molar-refractivity contribution >= 4 is 32.6 Å². The van der Waals surface area contributed by atoms with Gasteiger partial charge in [-0.3, -0.25) is 0 Å². The number of aryl methyl sites for hydroxylation is 2. The number of ether oxygens (including phenoxy) is 3. The van der Waals surface area contributed by atoms with Crippen LogP contribution in [0.5, 0.6) is 5.75 Å². The number of pyridine rings is 1. The van der Waals surface area contributed by atoms with Crippen molar-refractivity contribution in [3.05, 3.63) is 47.8 Å². The van der Waals surface area contributed by atoms with Crippen LogP contribution < -0.4 is 9.30 Å². The van der Waals surface area contributed by atoms with Crippen molar-refractivity contribution < 1.29 is 49.4 Å². The van der Waals surface area contributed by atoms with E-state index in [4.69, 9.17) is 14.2 Å². The Morgan fingerprint density at radius 2 is 1.53 bits per heavy atom. The van der Waals surface area contributed by atoms with Crippen molar-refractivity contribution in [3.8, 4) is 5.75 Å². The molecule has 202 valence electrons. The zero-order valence-corrected chi connectivity index (χ0v) is 20.9. The SMILES string of the molecule is Cc1c2cc[n+](C3OC[C@H](O)[C@H](O)[C@H]3O)cc2c(C)c2c1[nH]c1ccc(OC3OC[C@H](O)[C@H](O)[C@H]3O)cc12. The fraction of sp³-hybridized carbons (Fsp3) is 0.444. The fourth-order valence-corrected chi connectivity index (χ4v) is 5.55. The molecule has 6 rings (SSSR count). The zero-order valence-electron chi connectivity index (χ0n) is 20.9. The number of aromatic nitrogens is 2. The molecule has 0 spiro atoms. The van der Waals surface area contributed by atoms with Crippen LogP contribution in [-0.4, -0.2) is 91.8 Å². The molecule has 7 N–H and O–H groups in total. The van der Waals surface area contributed by atoms with Crippen LogP contribution in [0.3, 0.4) is 0 Å². The average Bonchev–Trinajstić information content (AvgIpc) is 3.30. The van der Waals surface area contributed by atoms with E-state index in [1.807, 2.05) is 38.2 Å². The van der Waals surface area contributed by atoms with Crippen molar-refractivity contribution in [2.45, 2.75) is 63.0 Å². The van der Waals surface area contributed by atoms with E-state index < -0.39 is 49.1 Å². The number of fused-ring (bicyclic) bond motifs is 4. The van der Waals surface area contributed by atoms with Gasteiger partial charge < -0.3 is 49.8 Å². The molecular weight excluding hydrogens is 496 g/mol. The lowest BCUT2D eigenvalue weighted by molar-refractivity contribution is -0.774. The van der Waals surface area contributed by atoms with Gasteiger partial charge in [0.05, 0.1) is 18.7 Å². The van der Waals surface area contributed by atoms with E-state index in [0.29, 0.717) is 5.75 Å². The monoisotopic (exact) mass is 527 g/mol. The lowest BCUT2D eigenvalue weighted by Crippen LogP contribution is -2.58. The van der Waals surface area contributed by atoms with Gasteiger partial charge in [0.1, 0.15) is 36.3 Å². The number of hydrogen-bond acceptors (Lipinski definition) is 9. The lowest BCUT2D eigenvalue weighted by atomic mass is 9.96. The van der Waals surface area contributed by atoms with Crippen molar-refractivity contribution in [1.29, 1.82) is 0 Å². The van der Waals surface area contributed by atoms with E-state index in [1.165, 1.54) is 0 Å². The molecule has 2 aromatic carbocycles. The Hall–Kier alpha value is -2.87. The number of benzene rings is 2. The van der Waals surface area contributed by atoms with Crippen molar-refractivity contribution in [3.63, 3.8) is 0 Å². The predicted molar refractivity (Wildman–Crippen MR) is 134 cm³/mol. The summed E-state index contributed by atoms with van der Waals surface area (Å²) >= 11 is 0. The molecule has 0 radical (unpaired) electrons. The Labute approximate surface area is 217 Å². The molecule has 0 amide bonds. The van der Waals surface area contributed by atoms with E-state index in [0.717, 1.165) is 43.7 Å². The summed E-state index contributed by atoms with van der Waals surface area (Å²) in [5.74, 6) is 0.428. The minimum absolute atomic E-state index is 0.0917. The van der Waals surface area contributed by atoms with E-state index in [9.17, 15) is 30.6 Å². The zero-order chi connectivity index (χ0) is 26.9. The average molecular weight is 528 g/mol. The van der Waals surface area contributed by atoms with Crippen molar-refractivity contribution in [2.75, 3.05) is 13.2 Å². The molecule has 4 heterocycles. The highest BCUT2D eigenvalue weighted by atomic mass is 16.7. The van der Waals surface area contributed by atoms with Gasteiger partial charge in [-0.1, -0.05) is 0 Å². The third kappa shape index (κ3) is 3.94. The van der Waals surface area contributed by atoms with Crippen LogP contribution in [0.2, 0.25) is 0 Å². The maximum Gasteiger partial charge on any atom is 0.291 e. The minimum Gasteiger partial charge on any atom is -0.462 e. The van der Waals surface area contributed by atoms with Crippen LogP contribution in [0.15, 0.2) is 36.7 Å². The number of nitrogens with one attached hydrogen (secondary N) is 1. The Morgan fingerprint density at radius 3 is 2.29 bits per heavy atom. The van der Waals surface area contributed by atoms with Gasteiger partial charge >= 0.3 is 0 Å². The second-order valence-electron chi connectivity index (χ2n) is 10.2. The van der Waals surface area contributed by atoms with E-state index >= 15 is 0 Å². The van der Waals surface area contributed by atoms with Gasteiger partial charge in [-0.05, 0) is 48.6 Å². The molecule has 2 aliphatic rings. The molecule has 0 bridgehead atoms. The summed E-state index contributed by atoms with van der Waals surface area (Å²) in [6.45, 7) is 3.77. The molecule has 11 nitrogen and oxygen atoms in total. The molecule has 0 aliphatic carbocycles. The largest absolute Gasteiger partial charge is 0.462 e. The summed E-state index contributed by atoms with van der Waals surface area (Å²) in [6, 6.07) is 7.38. The maximum atomic E-state index is 10.5. The van der Waals surface area contributed by atoms with Gasteiger partial charge in [0.2, 0.25) is 6.29 Å². The summed E-state index contributed by atoms with van der Waals surface area (Å²) in [5, 5.41) is 64.2. The minimum atomic E-state index is -1.40. The number of aliphatic hydroxyl groups is 6.